The smallest absolute Gasteiger partial charge is 0.333 e. The maximum absolute atomic E-state index is 12.4. The van der Waals surface area contributed by atoms with Gasteiger partial charge in [0.15, 0.2) is 6.10 Å². The SMILES string of the molecule is C/C=C(/C)C(=O)OC[C@H](COC(=O)CCCCCCCCCCC)OC(=O)CCCCCCCCCCC. The number of allylic oxidation sites excluding steroid dienone is 1. The molecule has 0 aliphatic carbocycles. The van der Waals surface area contributed by atoms with Gasteiger partial charge in [0.05, 0.1) is 0 Å². The Hall–Kier alpha value is -1.85. The molecule has 0 heterocycles. The molecule has 0 aliphatic rings. The molecule has 0 rings (SSSR count). The monoisotopic (exact) mass is 538 g/mol. The molecule has 0 aliphatic heterocycles. The van der Waals surface area contributed by atoms with Gasteiger partial charge in [-0.25, -0.2) is 4.79 Å². The standard InChI is InChI=1S/C32H58O6/c1-5-8-10-12-14-16-18-20-22-24-30(33)36-26-29(27-37-32(35)28(4)7-3)38-31(34)25-23-21-19-17-15-13-11-9-6-2/h7,29H,5-6,8-27H2,1-4H3/b28-7-/t29-/m0/s1. The minimum Gasteiger partial charge on any atom is -0.462 e. The van der Waals surface area contributed by atoms with Gasteiger partial charge in [0, 0.05) is 18.4 Å². The van der Waals surface area contributed by atoms with Gasteiger partial charge in [0.1, 0.15) is 13.2 Å². The van der Waals surface area contributed by atoms with Crippen LogP contribution in [0.25, 0.3) is 0 Å². The van der Waals surface area contributed by atoms with Crippen molar-refractivity contribution in [3.8, 4) is 0 Å². The van der Waals surface area contributed by atoms with Gasteiger partial charge in [-0.15, -0.1) is 0 Å². The van der Waals surface area contributed by atoms with Crippen LogP contribution in [0.2, 0.25) is 0 Å². The van der Waals surface area contributed by atoms with E-state index < -0.39 is 12.1 Å². The number of ether oxygens (including phenoxy) is 3. The summed E-state index contributed by atoms with van der Waals surface area (Å²) >= 11 is 0. The Labute approximate surface area is 233 Å². The Balaban J connectivity index is 4.26. The third-order valence-corrected chi connectivity index (χ3v) is 6.85. The van der Waals surface area contributed by atoms with Crippen LogP contribution < -0.4 is 0 Å². The first-order valence-electron chi connectivity index (χ1n) is 15.6. The molecular weight excluding hydrogens is 480 g/mol. The molecule has 222 valence electrons. The molecule has 0 aromatic heterocycles. The van der Waals surface area contributed by atoms with E-state index >= 15 is 0 Å². The summed E-state index contributed by atoms with van der Waals surface area (Å²) in [7, 11) is 0. The molecule has 0 fully saturated rings. The van der Waals surface area contributed by atoms with Crippen LogP contribution in [0, 0.1) is 0 Å². The Kier molecular flexibility index (Phi) is 25.4. The maximum atomic E-state index is 12.4. The molecule has 0 saturated heterocycles. The fraction of sp³-hybridized carbons (Fsp3) is 0.844. The van der Waals surface area contributed by atoms with E-state index in [4.69, 9.17) is 14.2 Å². The number of unbranched alkanes of at least 4 members (excludes halogenated alkanes) is 16. The van der Waals surface area contributed by atoms with Gasteiger partial charge in [-0.2, -0.15) is 0 Å². The predicted octanol–water partition coefficient (Wildman–Crippen LogP) is 8.79. The van der Waals surface area contributed by atoms with Crippen molar-refractivity contribution in [2.24, 2.45) is 0 Å². The average Bonchev–Trinajstić information content (AvgIpc) is 2.91. The summed E-state index contributed by atoms with van der Waals surface area (Å²) in [5, 5.41) is 0. The number of esters is 3. The molecule has 6 nitrogen and oxygen atoms in total. The van der Waals surface area contributed by atoms with Crippen molar-refractivity contribution in [1.82, 2.24) is 0 Å². The highest BCUT2D eigenvalue weighted by molar-refractivity contribution is 5.87. The van der Waals surface area contributed by atoms with E-state index in [0.717, 1.165) is 38.5 Å². The Morgan fingerprint density at radius 1 is 0.579 bits per heavy atom. The Bertz CT molecular complexity index is 627. The second-order valence-corrected chi connectivity index (χ2v) is 10.5. The first-order chi connectivity index (χ1) is 18.4. The van der Waals surface area contributed by atoms with Crippen molar-refractivity contribution in [2.45, 2.75) is 162 Å². The average molecular weight is 539 g/mol. The molecular formula is C32H58O6. The summed E-state index contributed by atoms with van der Waals surface area (Å²) in [6, 6.07) is 0. The van der Waals surface area contributed by atoms with Crippen LogP contribution in [0.4, 0.5) is 0 Å². The summed E-state index contributed by atoms with van der Waals surface area (Å²) in [6.07, 6.45) is 22.7. The lowest BCUT2D eigenvalue weighted by Gasteiger charge is -2.18. The van der Waals surface area contributed by atoms with Crippen LogP contribution in [0.3, 0.4) is 0 Å². The fourth-order valence-electron chi connectivity index (χ4n) is 4.18. The Morgan fingerprint density at radius 2 is 0.974 bits per heavy atom. The van der Waals surface area contributed by atoms with E-state index in [9.17, 15) is 14.4 Å². The summed E-state index contributed by atoms with van der Waals surface area (Å²) in [6.45, 7) is 7.65. The van der Waals surface area contributed by atoms with Crippen molar-refractivity contribution in [1.29, 1.82) is 0 Å². The number of rotatable bonds is 26. The number of hydrogen-bond donors (Lipinski definition) is 0. The molecule has 0 radical (unpaired) electrons. The van der Waals surface area contributed by atoms with Crippen LogP contribution in [-0.4, -0.2) is 37.2 Å². The van der Waals surface area contributed by atoms with Crippen LogP contribution >= 0.6 is 0 Å². The molecule has 38 heavy (non-hydrogen) atoms. The molecule has 0 aromatic carbocycles. The van der Waals surface area contributed by atoms with Gasteiger partial charge in [-0.1, -0.05) is 123 Å². The molecule has 6 heteroatoms. The van der Waals surface area contributed by atoms with Gasteiger partial charge in [-0.3, -0.25) is 9.59 Å². The predicted molar refractivity (Wildman–Crippen MR) is 155 cm³/mol. The van der Waals surface area contributed by atoms with Crippen LogP contribution in [0.5, 0.6) is 0 Å². The van der Waals surface area contributed by atoms with E-state index in [0.29, 0.717) is 18.4 Å². The zero-order chi connectivity index (χ0) is 28.3. The topological polar surface area (TPSA) is 78.9 Å². The van der Waals surface area contributed by atoms with Crippen molar-refractivity contribution >= 4 is 17.9 Å². The van der Waals surface area contributed by atoms with Crippen molar-refractivity contribution in [2.75, 3.05) is 13.2 Å². The molecule has 1 atom stereocenters. The normalized spacial score (nSPS) is 12.3. The third-order valence-electron chi connectivity index (χ3n) is 6.85. The number of carbonyl (C=O) groups excluding carboxylic acids is 3. The van der Waals surface area contributed by atoms with Crippen molar-refractivity contribution in [3.63, 3.8) is 0 Å². The van der Waals surface area contributed by atoms with Crippen molar-refractivity contribution in [3.05, 3.63) is 11.6 Å². The summed E-state index contributed by atoms with van der Waals surface area (Å²) < 4.78 is 16.2. The lowest BCUT2D eigenvalue weighted by atomic mass is 10.1. The highest BCUT2D eigenvalue weighted by Gasteiger charge is 2.19. The third kappa shape index (κ3) is 23.3. The zero-order valence-corrected chi connectivity index (χ0v) is 25.2. The quantitative estimate of drug-likeness (QED) is 0.0474. The number of hydrogen-bond acceptors (Lipinski definition) is 6. The van der Waals surface area contributed by atoms with E-state index in [1.807, 2.05) is 0 Å². The fourth-order valence-corrected chi connectivity index (χ4v) is 4.18. The van der Waals surface area contributed by atoms with Gasteiger partial charge in [0.2, 0.25) is 0 Å². The van der Waals surface area contributed by atoms with Crippen LogP contribution in [-0.2, 0) is 28.6 Å². The summed E-state index contributed by atoms with van der Waals surface area (Å²) in [5.41, 5.74) is 0.479. The molecule has 0 aromatic rings. The second kappa shape index (κ2) is 26.7. The molecule has 0 unspecified atom stereocenters. The highest BCUT2D eigenvalue weighted by Crippen LogP contribution is 2.13. The lowest BCUT2D eigenvalue weighted by Crippen LogP contribution is -2.31. The molecule has 0 N–H and O–H groups in total. The maximum Gasteiger partial charge on any atom is 0.333 e. The zero-order valence-electron chi connectivity index (χ0n) is 25.2. The molecule has 0 spiro atoms. The first kappa shape index (κ1) is 36.1. The van der Waals surface area contributed by atoms with E-state index in [-0.39, 0.29) is 25.2 Å². The molecule has 0 amide bonds. The Morgan fingerprint density at radius 3 is 1.42 bits per heavy atom. The lowest BCUT2D eigenvalue weighted by molar-refractivity contribution is -0.165. The van der Waals surface area contributed by atoms with E-state index in [1.165, 1.54) is 77.0 Å². The van der Waals surface area contributed by atoms with Crippen LogP contribution in [0.15, 0.2) is 11.6 Å². The molecule has 0 saturated carbocycles. The first-order valence-corrected chi connectivity index (χ1v) is 15.6. The highest BCUT2D eigenvalue weighted by atomic mass is 16.6. The van der Waals surface area contributed by atoms with E-state index in [2.05, 4.69) is 13.8 Å². The van der Waals surface area contributed by atoms with Gasteiger partial charge < -0.3 is 14.2 Å². The van der Waals surface area contributed by atoms with Gasteiger partial charge in [-0.05, 0) is 26.7 Å². The van der Waals surface area contributed by atoms with Crippen LogP contribution in [0.1, 0.15) is 156 Å². The largest absolute Gasteiger partial charge is 0.462 e. The van der Waals surface area contributed by atoms with E-state index in [1.54, 1.807) is 19.9 Å². The van der Waals surface area contributed by atoms with Crippen molar-refractivity contribution < 1.29 is 28.6 Å². The summed E-state index contributed by atoms with van der Waals surface area (Å²) in [5.74, 6) is -1.11. The summed E-state index contributed by atoms with van der Waals surface area (Å²) in [4.78, 5) is 36.6. The number of carbonyl (C=O) groups is 3. The minimum absolute atomic E-state index is 0.0953. The molecule has 0 bridgehead atoms. The second-order valence-electron chi connectivity index (χ2n) is 10.5. The van der Waals surface area contributed by atoms with Gasteiger partial charge in [0.25, 0.3) is 0 Å². The van der Waals surface area contributed by atoms with Gasteiger partial charge >= 0.3 is 17.9 Å². The minimum atomic E-state index is -0.790.